The van der Waals surface area contributed by atoms with Crippen molar-refractivity contribution < 1.29 is 14.7 Å². The van der Waals surface area contributed by atoms with Crippen LogP contribution in [-0.4, -0.2) is 41.6 Å². The number of nitrogens with one attached hydrogen (secondary N) is 2. The standard InChI is InChI=1S/C19H21N3O3/c23-16-5-4-14-8-13(2-3-15(14)9-16)10-21-18(25)22-11-19(12-22)6-1-7-20-17(19)24/h2-5,8-9,23H,1,6-7,10-12H2,(H,20,24)(H,21,25). The first kappa shape index (κ1) is 15.7. The van der Waals surface area contributed by atoms with E-state index in [-0.39, 0.29) is 23.1 Å². The van der Waals surface area contributed by atoms with Crippen molar-refractivity contribution in [1.29, 1.82) is 0 Å². The summed E-state index contributed by atoms with van der Waals surface area (Å²) < 4.78 is 0. The monoisotopic (exact) mass is 339 g/mol. The summed E-state index contributed by atoms with van der Waals surface area (Å²) in [5, 5.41) is 17.3. The molecule has 6 nitrogen and oxygen atoms in total. The zero-order chi connectivity index (χ0) is 17.4. The number of fused-ring (bicyclic) bond motifs is 1. The summed E-state index contributed by atoms with van der Waals surface area (Å²) in [6.07, 6.45) is 1.84. The van der Waals surface area contributed by atoms with E-state index < -0.39 is 0 Å². The summed E-state index contributed by atoms with van der Waals surface area (Å²) in [6, 6.07) is 11.0. The van der Waals surface area contributed by atoms with Gasteiger partial charge in [-0.3, -0.25) is 4.79 Å². The molecule has 2 heterocycles. The van der Waals surface area contributed by atoms with Crippen LogP contribution in [0.3, 0.4) is 0 Å². The molecular formula is C19H21N3O3. The summed E-state index contributed by atoms with van der Waals surface area (Å²) in [5.74, 6) is 0.326. The zero-order valence-corrected chi connectivity index (χ0v) is 13.9. The average Bonchev–Trinajstić information content (AvgIpc) is 2.58. The van der Waals surface area contributed by atoms with Gasteiger partial charge < -0.3 is 20.6 Å². The number of amides is 3. The molecule has 2 aromatic rings. The van der Waals surface area contributed by atoms with Gasteiger partial charge in [0, 0.05) is 26.2 Å². The number of carbonyl (C=O) groups is 2. The summed E-state index contributed by atoms with van der Waals surface area (Å²) in [7, 11) is 0. The van der Waals surface area contributed by atoms with Crippen molar-refractivity contribution in [3.8, 4) is 5.75 Å². The van der Waals surface area contributed by atoms with E-state index >= 15 is 0 Å². The van der Waals surface area contributed by atoms with Gasteiger partial charge >= 0.3 is 6.03 Å². The SMILES string of the molecule is O=C(NCc1ccc2cc(O)ccc2c1)N1CC2(CCCNC2=O)C1. The van der Waals surface area contributed by atoms with Gasteiger partial charge in [0.15, 0.2) is 0 Å². The van der Waals surface area contributed by atoms with Gasteiger partial charge in [-0.1, -0.05) is 18.2 Å². The van der Waals surface area contributed by atoms with Crippen molar-refractivity contribution in [1.82, 2.24) is 15.5 Å². The minimum atomic E-state index is -0.361. The number of likely N-dealkylation sites (tertiary alicyclic amines) is 1. The first-order valence-corrected chi connectivity index (χ1v) is 8.59. The fraction of sp³-hybridized carbons (Fsp3) is 0.368. The minimum Gasteiger partial charge on any atom is -0.508 e. The molecule has 2 aliphatic rings. The van der Waals surface area contributed by atoms with E-state index in [0.717, 1.165) is 35.7 Å². The fourth-order valence-corrected chi connectivity index (χ4v) is 3.74. The Bertz CT molecular complexity index is 843. The third-order valence-electron chi connectivity index (χ3n) is 5.21. The summed E-state index contributed by atoms with van der Waals surface area (Å²) >= 11 is 0. The number of phenols is 1. The first-order valence-electron chi connectivity index (χ1n) is 8.59. The van der Waals surface area contributed by atoms with Gasteiger partial charge in [0.2, 0.25) is 5.91 Å². The molecule has 0 atom stereocenters. The number of hydrogen-bond donors (Lipinski definition) is 3. The van der Waals surface area contributed by atoms with Crippen LogP contribution >= 0.6 is 0 Å². The van der Waals surface area contributed by atoms with E-state index in [1.165, 1.54) is 0 Å². The third-order valence-corrected chi connectivity index (χ3v) is 5.21. The lowest BCUT2D eigenvalue weighted by Crippen LogP contribution is -2.67. The highest BCUT2D eigenvalue weighted by atomic mass is 16.3. The lowest BCUT2D eigenvalue weighted by Gasteiger charge is -2.50. The molecule has 2 aliphatic heterocycles. The lowest BCUT2D eigenvalue weighted by atomic mass is 9.73. The van der Waals surface area contributed by atoms with Gasteiger partial charge in [-0.25, -0.2) is 4.79 Å². The number of carbonyl (C=O) groups excluding carboxylic acids is 2. The van der Waals surface area contributed by atoms with E-state index in [1.54, 1.807) is 17.0 Å². The molecule has 0 aromatic heterocycles. The molecule has 3 amide bonds. The van der Waals surface area contributed by atoms with Gasteiger partial charge in [0.1, 0.15) is 5.75 Å². The Balaban J connectivity index is 1.35. The van der Waals surface area contributed by atoms with Crippen molar-refractivity contribution in [2.75, 3.05) is 19.6 Å². The van der Waals surface area contributed by atoms with Crippen molar-refractivity contribution >= 4 is 22.7 Å². The molecular weight excluding hydrogens is 318 g/mol. The molecule has 0 saturated carbocycles. The zero-order valence-electron chi connectivity index (χ0n) is 13.9. The number of urea groups is 1. The van der Waals surface area contributed by atoms with Crippen LogP contribution in [0.15, 0.2) is 36.4 Å². The van der Waals surface area contributed by atoms with E-state index in [2.05, 4.69) is 10.6 Å². The van der Waals surface area contributed by atoms with E-state index in [1.807, 2.05) is 24.3 Å². The second kappa shape index (κ2) is 5.95. The normalized spacial score (nSPS) is 18.7. The Morgan fingerprint density at radius 2 is 1.96 bits per heavy atom. The van der Waals surface area contributed by atoms with Gasteiger partial charge in [-0.15, -0.1) is 0 Å². The van der Waals surface area contributed by atoms with Crippen molar-refractivity contribution in [2.24, 2.45) is 5.41 Å². The molecule has 0 radical (unpaired) electrons. The Morgan fingerprint density at radius 1 is 1.20 bits per heavy atom. The van der Waals surface area contributed by atoms with Crippen LogP contribution < -0.4 is 10.6 Å². The number of piperidine rings is 1. The number of phenolic OH excluding ortho intramolecular Hbond substituents is 1. The Hall–Kier alpha value is -2.76. The second-order valence-electron chi connectivity index (χ2n) is 7.02. The van der Waals surface area contributed by atoms with Gasteiger partial charge in [0.25, 0.3) is 0 Å². The molecule has 1 spiro atoms. The summed E-state index contributed by atoms with van der Waals surface area (Å²) in [4.78, 5) is 26.0. The molecule has 6 heteroatoms. The van der Waals surface area contributed by atoms with Gasteiger partial charge in [-0.2, -0.15) is 0 Å². The lowest BCUT2D eigenvalue weighted by molar-refractivity contribution is -0.142. The van der Waals surface area contributed by atoms with Crippen LogP contribution in [0.1, 0.15) is 18.4 Å². The quantitative estimate of drug-likeness (QED) is 0.782. The number of aromatic hydroxyl groups is 1. The van der Waals surface area contributed by atoms with Gasteiger partial charge in [-0.05, 0) is 47.4 Å². The van der Waals surface area contributed by atoms with Crippen LogP contribution in [0, 0.1) is 5.41 Å². The number of hydrogen-bond acceptors (Lipinski definition) is 3. The third kappa shape index (κ3) is 2.88. The smallest absolute Gasteiger partial charge is 0.317 e. The van der Waals surface area contributed by atoms with Crippen molar-refractivity contribution in [3.63, 3.8) is 0 Å². The average molecular weight is 339 g/mol. The molecule has 25 heavy (non-hydrogen) atoms. The largest absolute Gasteiger partial charge is 0.508 e. The molecule has 4 rings (SSSR count). The minimum absolute atomic E-state index is 0.0839. The van der Waals surface area contributed by atoms with Crippen LogP contribution in [0.2, 0.25) is 0 Å². The topological polar surface area (TPSA) is 81.7 Å². The maximum atomic E-state index is 12.3. The molecule has 2 aromatic carbocycles. The molecule has 0 bridgehead atoms. The first-order chi connectivity index (χ1) is 12.1. The predicted molar refractivity (Wildman–Crippen MR) is 94.1 cm³/mol. The summed E-state index contributed by atoms with van der Waals surface area (Å²) in [5.41, 5.74) is 0.637. The number of rotatable bonds is 2. The summed E-state index contributed by atoms with van der Waals surface area (Å²) in [6.45, 7) is 2.18. The highest BCUT2D eigenvalue weighted by Crippen LogP contribution is 2.37. The number of nitrogens with zero attached hydrogens (tertiary/aromatic N) is 1. The molecule has 2 saturated heterocycles. The highest BCUT2D eigenvalue weighted by Gasteiger charge is 2.51. The van der Waals surface area contributed by atoms with E-state index in [0.29, 0.717) is 19.6 Å². The predicted octanol–water partition coefficient (Wildman–Crippen LogP) is 1.97. The Labute approximate surface area is 145 Å². The van der Waals surface area contributed by atoms with Crippen LogP contribution in [0.25, 0.3) is 10.8 Å². The second-order valence-corrected chi connectivity index (χ2v) is 7.02. The Morgan fingerprint density at radius 3 is 2.76 bits per heavy atom. The maximum Gasteiger partial charge on any atom is 0.317 e. The molecule has 0 unspecified atom stereocenters. The number of benzene rings is 2. The van der Waals surface area contributed by atoms with E-state index in [4.69, 9.17) is 0 Å². The molecule has 130 valence electrons. The highest BCUT2D eigenvalue weighted by molar-refractivity contribution is 5.88. The molecule has 2 fully saturated rings. The fourth-order valence-electron chi connectivity index (χ4n) is 3.74. The van der Waals surface area contributed by atoms with Gasteiger partial charge in [0.05, 0.1) is 5.41 Å². The van der Waals surface area contributed by atoms with E-state index in [9.17, 15) is 14.7 Å². The molecule has 0 aliphatic carbocycles. The molecule has 3 N–H and O–H groups in total. The maximum absolute atomic E-state index is 12.3. The Kier molecular flexibility index (Phi) is 3.75. The van der Waals surface area contributed by atoms with Crippen LogP contribution in [0.5, 0.6) is 5.75 Å². The van der Waals surface area contributed by atoms with Crippen molar-refractivity contribution in [2.45, 2.75) is 19.4 Å². The van der Waals surface area contributed by atoms with Crippen LogP contribution in [0.4, 0.5) is 4.79 Å². The van der Waals surface area contributed by atoms with Crippen molar-refractivity contribution in [3.05, 3.63) is 42.0 Å². The van der Waals surface area contributed by atoms with Crippen LogP contribution in [-0.2, 0) is 11.3 Å².